The summed E-state index contributed by atoms with van der Waals surface area (Å²) < 4.78 is 0. The van der Waals surface area contributed by atoms with E-state index >= 15 is 0 Å². The lowest BCUT2D eigenvalue weighted by molar-refractivity contribution is -0.142. The van der Waals surface area contributed by atoms with Crippen LogP contribution in [0.25, 0.3) is 0 Å². The molecule has 3 amide bonds. The minimum atomic E-state index is -0.297. The van der Waals surface area contributed by atoms with Crippen LogP contribution < -0.4 is 10.2 Å². The lowest BCUT2D eigenvalue weighted by atomic mass is 9.87. The number of rotatable bonds is 3. The van der Waals surface area contributed by atoms with E-state index in [2.05, 4.69) is 20.1 Å². The van der Waals surface area contributed by atoms with Crippen molar-refractivity contribution >= 4 is 23.5 Å². The molecule has 2 aliphatic carbocycles. The van der Waals surface area contributed by atoms with Crippen LogP contribution in [0, 0.1) is 17.8 Å². The summed E-state index contributed by atoms with van der Waals surface area (Å²) in [7, 11) is 0. The highest BCUT2D eigenvalue weighted by Crippen LogP contribution is 2.38. The molecule has 3 heterocycles. The van der Waals surface area contributed by atoms with Gasteiger partial charge in [0.25, 0.3) is 0 Å². The van der Waals surface area contributed by atoms with Gasteiger partial charge in [0.05, 0.1) is 5.92 Å². The van der Waals surface area contributed by atoms with Gasteiger partial charge in [0, 0.05) is 63.3 Å². The highest BCUT2D eigenvalue weighted by atomic mass is 16.2. The molecule has 0 spiro atoms. The molecule has 37 heavy (non-hydrogen) atoms. The van der Waals surface area contributed by atoms with E-state index < -0.39 is 0 Å². The zero-order chi connectivity index (χ0) is 25.6. The molecular formula is C29H43N5O3. The van der Waals surface area contributed by atoms with E-state index in [4.69, 9.17) is 0 Å². The quantitative estimate of drug-likeness (QED) is 0.676. The first-order valence-electron chi connectivity index (χ1n) is 14.6. The molecule has 0 bridgehead atoms. The van der Waals surface area contributed by atoms with Gasteiger partial charge in [0.1, 0.15) is 5.82 Å². The van der Waals surface area contributed by atoms with Crippen LogP contribution in [0.5, 0.6) is 0 Å². The van der Waals surface area contributed by atoms with Crippen LogP contribution in [-0.2, 0) is 14.4 Å². The summed E-state index contributed by atoms with van der Waals surface area (Å²) >= 11 is 0. The van der Waals surface area contributed by atoms with E-state index in [0.717, 1.165) is 70.3 Å². The highest BCUT2D eigenvalue weighted by Gasteiger charge is 2.47. The fourth-order valence-corrected chi connectivity index (χ4v) is 6.93. The first kappa shape index (κ1) is 26.0. The molecule has 4 aliphatic rings. The summed E-state index contributed by atoms with van der Waals surface area (Å²) in [5.41, 5.74) is 0. The third kappa shape index (κ3) is 6.10. The summed E-state index contributed by atoms with van der Waals surface area (Å²) in [6.07, 6.45) is 12.4. The Bertz CT molecular complexity index is 927. The van der Waals surface area contributed by atoms with Crippen molar-refractivity contribution in [3.63, 3.8) is 0 Å². The van der Waals surface area contributed by atoms with Gasteiger partial charge in [0.15, 0.2) is 0 Å². The summed E-state index contributed by atoms with van der Waals surface area (Å²) in [6.45, 7) is 4.25. The van der Waals surface area contributed by atoms with Crippen molar-refractivity contribution in [3.05, 3.63) is 24.4 Å². The molecule has 2 aliphatic heterocycles. The molecule has 8 nitrogen and oxygen atoms in total. The third-order valence-corrected chi connectivity index (χ3v) is 9.04. The van der Waals surface area contributed by atoms with E-state index in [1.807, 2.05) is 23.1 Å². The van der Waals surface area contributed by atoms with Crippen LogP contribution in [0.1, 0.15) is 70.6 Å². The standard InChI is InChI=1S/C29H43N5O3/c35-27-24-20-23(28(36)33-18-16-32(17-19-33)26-12-6-8-13-30-26)21-25(24)34(15-9-2-1-7-14-31-27)29(37)22-10-4-3-5-11-22/h6,8,12-13,22-25H,1-5,7,9-11,14-21H2,(H,31,35)/t23-,24-,25+/m1/s1. The van der Waals surface area contributed by atoms with Gasteiger partial charge in [0.2, 0.25) is 17.7 Å². The molecule has 0 aromatic carbocycles. The van der Waals surface area contributed by atoms with Gasteiger partial charge < -0.3 is 20.0 Å². The second-order valence-corrected chi connectivity index (χ2v) is 11.4. The van der Waals surface area contributed by atoms with Gasteiger partial charge in [-0.05, 0) is 50.7 Å². The minimum Gasteiger partial charge on any atom is -0.356 e. The van der Waals surface area contributed by atoms with Crippen LogP contribution in [0.2, 0.25) is 0 Å². The molecule has 1 aromatic heterocycles. The number of piperazine rings is 1. The van der Waals surface area contributed by atoms with Crippen molar-refractivity contribution in [2.45, 2.75) is 76.7 Å². The number of fused-ring (bicyclic) bond motifs is 1. The van der Waals surface area contributed by atoms with Gasteiger partial charge in [-0.2, -0.15) is 0 Å². The number of amides is 3. The van der Waals surface area contributed by atoms with E-state index in [9.17, 15) is 14.4 Å². The van der Waals surface area contributed by atoms with Gasteiger partial charge in [-0.3, -0.25) is 14.4 Å². The van der Waals surface area contributed by atoms with E-state index in [1.165, 1.54) is 6.42 Å². The van der Waals surface area contributed by atoms with Gasteiger partial charge >= 0.3 is 0 Å². The Balaban J connectivity index is 1.29. The van der Waals surface area contributed by atoms with Crippen molar-refractivity contribution < 1.29 is 14.4 Å². The molecule has 202 valence electrons. The topological polar surface area (TPSA) is 85.8 Å². The van der Waals surface area contributed by atoms with E-state index in [1.54, 1.807) is 6.20 Å². The highest BCUT2D eigenvalue weighted by molar-refractivity contribution is 5.86. The number of hydrogen-bond donors (Lipinski definition) is 1. The predicted octanol–water partition coefficient (Wildman–Crippen LogP) is 3.22. The lowest BCUT2D eigenvalue weighted by Crippen LogP contribution is -2.50. The Morgan fingerprint density at radius 3 is 2.32 bits per heavy atom. The number of nitrogens with zero attached hydrogens (tertiary/aromatic N) is 4. The number of anilines is 1. The van der Waals surface area contributed by atoms with Crippen molar-refractivity contribution in [3.8, 4) is 0 Å². The molecule has 2 saturated carbocycles. The van der Waals surface area contributed by atoms with Gasteiger partial charge in [-0.15, -0.1) is 0 Å². The summed E-state index contributed by atoms with van der Waals surface area (Å²) in [4.78, 5) is 51.5. The summed E-state index contributed by atoms with van der Waals surface area (Å²) in [5.74, 6) is 0.948. The first-order valence-corrected chi connectivity index (χ1v) is 14.6. The number of pyridine rings is 1. The van der Waals surface area contributed by atoms with Crippen molar-refractivity contribution in [2.75, 3.05) is 44.2 Å². The maximum absolute atomic E-state index is 13.8. The minimum absolute atomic E-state index is 0.0311. The van der Waals surface area contributed by atoms with E-state index in [-0.39, 0.29) is 41.5 Å². The van der Waals surface area contributed by atoms with Crippen molar-refractivity contribution in [2.24, 2.45) is 17.8 Å². The Labute approximate surface area is 221 Å². The normalized spacial score (nSPS) is 28.3. The molecule has 2 saturated heterocycles. The maximum atomic E-state index is 13.8. The molecule has 0 unspecified atom stereocenters. The molecule has 0 radical (unpaired) electrons. The van der Waals surface area contributed by atoms with E-state index in [0.29, 0.717) is 39.0 Å². The summed E-state index contributed by atoms with van der Waals surface area (Å²) in [6, 6.07) is 5.74. The molecule has 3 atom stereocenters. The van der Waals surface area contributed by atoms with Crippen molar-refractivity contribution in [1.82, 2.24) is 20.1 Å². The van der Waals surface area contributed by atoms with Gasteiger partial charge in [-0.1, -0.05) is 38.2 Å². The molecule has 1 aromatic rings. The Morgan fingerprint density at radius 2 is 1.57 bits per heavy atom. The number of hydrogen-bond acceptors (Lipinski definition) is 5. The number of nitrogens with one attached hydrogen (secondary N) is 1. The second kappa shape index (κ2) is 12.3. The van der Waals surface area contributed by atoms with Crippen LogP contribution in [0.4, 0.5) is 5.82 Å². The smallest absolute Gasteiger partial charge is 0.225 e. The Kier molecular flexibility index (Phi) is 8.62. The van der Waals surface area contributed by atoms with Crippen LogP contribution in [0.3, 0.4) is 0 Å². The van der Waals surface area contributed by atoms with Crippen LogP contribution >= 0.6 is 0 Å². The monoisotopic (exact) mass is 509 g/mol. The summed E-state index contributed by atoms with van der Waals surface area (Å²) in [5, 5.41) is 3.14. The SMILES string of the molecule is O=C1NCCCCCCN(C(=O)C2CCCCC2)[C@H]2C[C@H](C(=O)N3CCN(c4ccccn4)CC3)C[C@@H]12. The second-order valence-electron chi connectivity index (χ2n) is 11.4. The molecule has 4 fully saturated rings. The number of carbonyl (C=O) groups is 3. The predicted molar refractivity (Wildman–Crippen MR) is 143 cm³/mol. The first-order chi connectivity index (χ1) is 18.1. The average Bonchev–Trinajstić information content (AvgIpc) is 3.39. The van der Waals surface area contributed by atoms with Gasteiger partial charge in [-0.25, -0.2) is 4.98 Å². The Hall–Kier alpha value is -2.64. The third-order valence-electron chi connectivity index (χ3n) is 9.04. The lowest BCUT2D eigenvalue weighted by Gasteiger charge is -2.37. The molecule has 1 N–H and O–H groups in total. The number of carbonyl (C=O) groups excluding carboxylic acids is 3. The number of aromatic nitrogens is 1. The zero-order valence-corrected chi connectivity index (χ0v) is 22.2. The largest absolute Gasteiger partial charge is 0.356 e. The van der Waals surface area contributed by atoms with Crippen LogP contribution in [0.15, 0.2) is 24.4 Å². The molecular weight excluding hydrogens is 466 g/mol. The maximum Gasteiger partial charge on any atom is 0.225 e. The Morgan fingerprint density at radius 1 is 0.811 bits per heavy atom. The fourth-order valence-electron chi connectivity index (χ4n) is 6.93. The fraction of sp³-hybridized carbons (Fsp3) is 0.724. The van der Waals surface area contributed by atoms with Crippen molar-refractivity contribution in [1.29, 1.82) is 0 Å². The molecule has 5 rings (SSSR count). The van der Waals surface area contributed by atoms with Crippen LogP contribution in [-0.4, -0.2) is 77.8 Å². The molecule has 8 heteroatoms. The average molecular weight is 510 g/mol. The zero-order valence-electron chi connectivity index (χ0n) is 22.2.